The molecule has 0 aromatic heterocycles. The summed E-state index contributed by atoms with van der Waals surface area (Å²) in [5, 5.41) is 2.63. The second-order valence-corrected chi connectivity index (χ2v) is 7.62. The third-order valence-electron chi connectivity index (χ3n) is 5.21. The van der Waals surface area contributed by atoms with Gasteiger partial charge in [-0.1, -0.05) is 60.7 Å². The molecule has 1 heterocycles. The standard InChI is InChI=1S/C23H25N3O5/c1-16(20(28)25(3)14-17-10-6-4-7-11-17)31-19(27)15-26-21(29)23(2,24-22(26)30)18-12-8-5-9-13-18/h4-13,16H,14-15H2,1-3H3,(H,24,30)/t16-,23+/m1/s1. The lowest BCUT2D eigenvalue weighted by molar-refractivity contribution is -0.160. The Morgan fingerprint density at radius 3 is 2.26 bits per heavy atom. The number of rotatable bonds is 7. The topological polar surface area (TPSA) is 96.0 Å². The Labute approximate surface area is 180 Å². The van der Waals surface area contributed by atoms with Crippen molar-refractivity contribution in [3.63, 3.8) is 0 Å². The van der Waals surface area contributed by atoms with Crippen LogP contribution in [0.2, 0.25) is 0 Å². The van der Waals surface area contributed by atoms with Gasteiger partial charge < -0.3 is 15.0 Å². The summed E-state index contributed by atoms with van der Waals surface area (Å²) in [5.41, 5.74) is 0.280. The lowest BCUT2D eigenvalue weighted by atomic mass is 9.92. The Hall–Kier alpha value is -3.68. The van der Waals surface area contributed by atoms with Crippen LogP contribution in [-0.4, -0.2) is 53.3 Å². The molecule has 8 nitrogen and oxygen atoms in total. The van der Waals surface area contributed by atoms with Gasteiger partial charge in [0.2, 0.25) is 0 Å². The predicted molar refractivity (Wildman–Crippen MR) is 113 cm³/mol. The van der Waals surface area contributed by atoms with Gasteiger partial charge in [0.1, 0.15) is 12.1 Å². The molecular formula is C23H25N3O5. The molecule has 162 valence electrons. The maximum Gasteiger partial charge on any atom is 0.327 e. The second kappa shape index (κ2) is 8.99. The van der Waals surface area contributed by atoms with Crippen molar-refractivity contribution in [1.82, 2.24) is 15.1 Å². The molecule has 1 N–H and O–H groups in total. The van der Waals surface area contributed by atoms with E-state index in [0.29, 0.717) is 12.1 Å². The zero-order chi connectivity index (χ0) is 22.6. The molecule has 31 heavy (non-hydrogen) atoms. The summed E-state index contributed by atoms with van der Waals surface area (Å²) in [7, 11) is 1.61. The molecule has 1 aliphatic heterocycles. The van der Waals surface area contributed by atoms with Crippen LogP contribution in [0, 0.1) is 0 Å². The minimum Gasteiger partial charge on any atom is -0.451 e. The van der Waals surface area contributed by atoms with Crippen molar-refractivity contribution >= 4 is 23.8 Å². The van der Waals surface area contributed by atoms with Crippen molar-refractivity contribution in [2.75, 3.05) is 13.6 Å². The molecule has 1 saturated heterocycles. The van der Waals surface area contributed by atoms with Crippen molar-refractivity contribution in [2.24, 2.45) is 0 Å². The van der Waals surface area contributed by atoms with Gasteiger partial charge in [-0.15, -0.1) is 0 Å². The van der Waals surface area contributed by atoms with Crippen LogP contribution in [0.5, 0.6) is 0 Å². The van der Waals surface area contributed by atoms with Gasteiger partial charge in [-0.2, -0.15) is 0 Å². The fraction of sp³-hybridized carbons (Fsp3) is 0.304. The number of likely N-dealkylation sites (N-methyl/N-ethyl adjacent to an activating group) is 1. The van der Waals surface area contributed by atoms with Crippen molar-refractivity contribution in [2.45, 2.75) is 32.0 Å². The van der Waals surface area contributed by atoms with E-state index in [1.54, 1.807) is 44.3 Å². The van der Waals surface area contributed by atoms with E-state index in [1.807, 2.05) is 30.3 Å². The highest BCUT2D eigenvalue weighted by Crippen LogP contribution is 2.28. The first-order valence-corrected chi connectivity index (χ1v) is 9.90. The van der Waals surface area contributed by atoms with Crippen molar-refractivity contribution in [3.05, 3.63) is 71.8 Å². The highest BCUT2D eigenvalue weighted by atomic mass is 16.5. The third-order valence-corrected chi connectivity index (χ3v) is 5.21. The number of carbonyl (C=O) groups is 4. The van der Waals surface area contributed by atoms with Crippen LogP contribution < -0.4 is 5.32 Å². The first-order valence-electron chi connectivity index (χ1n) is 9.90. The van der Waals surface area contributed by atoms with Gasteiger partial charge >= 0.3 is 12.0 Å². The average Bonchev–Trinajstić information content (AvgIpc) is 2.98. The summed E-state index contributed by atoms with van der Waals surface area (Å²) in [6, 6.07) is 17.5. The highest BCUT2D eigenvalue weighted by molar-refractivity contribution is 6.08. The maximum atomic E-state index is 12.9. The lowest BCUT2D eigenvalue weighted by Crippen LogP contribution is -2.43. The van der Waals surface area contributed by atoms with E-state index < -0.39 is 36.1 Å². The number of hydrogen-bond acceptors (Lipinski definition) is 5. The molecule has 0 spiro atoms. The van der Waals surface area contributed by atoms with E-state index in [2.05, 4.69) is 5.32 Å². The van der Waals surface area contributed by atoms with Crippen molar-refractivity contribution in [3.8, 4) is 0 Å². The van der Waals surface area contributed by atoms with Gasteiger partial charge in [0.25, 0.3) is 11.8 Å². The molecule has 2 atom stereocenters. The number of carbonyl (C=O) groups excluding carboxylic acids is 4. The van der Waals surface area contributed by atoms with Gasteiger partial charge in [0.15, 0.2) is 6.10 Å². The number of nitrogens with one attached hydrogen (secondary N) is 1. The number of imide groups is 1. The second-order valence-electron chi connectivity index (χ2n) is 7.62. The molecule has 4 amide bonds. The van der Waals surface area contributed by atoms with E-state index in [-0.39, 0.29) is 5.91 Å². The lowest BCUT2D eigenvalue weighted by Gasteiger charge is -2.23. The van der Waals surface area contributed by atoms with Crippen LogP contribution >= 0.6 is 0 Å². The first-order chi connectivity index (χ1) is 14.7. The van der Waals surface area contributed by atoms with Crippen LogP contribution in [-0.2, 0) is 31.2 Å². The van der Waals surface area contributed by atoms with Gasteiger partial charge in [0.05, 0.1) is 0 Å². The third kappa shape index (κ3) is 4.74. The largest absolute Gasteiger partial charge is 0.451 e. The number of esters is 1. The van der Waals surface area contributed by atoms with Gasteiger partial charge in [-0.25, -0.2) is 4.79 Å². The molecule has 8 heteroatoms. The average molecular weight is 423 g/mol. The zero-order valence-electron chi connectivity index (χ0n) is 17.7. The molecule has 0 saturated carbocycles. The molecule has 0 bridgehead atoms. The fourth-order valence-electron chi connectivity index (χ4n) is 3.47. The Bertz CT molecular complexity index is 979. The Morgan fingerprint density at radius 1 is 1.06 bits per heavy atom. The number of amides is 4. The minimum absolute atomic E-state index is 0.365. The van der Waals surface area contributed by atoms with E-state index >= 15 is 0 Å². The van der Waals surface area contributed by atoms with Gasteiger partial charge in [-0.3, -0.25) is 19.3 Å². The Morgan fingerprint density at radius 2 is 1.65 bits per heavy atom. The van der Waals surface area contributed by atoms with Gasteiger partial charge in [-0.05, 0) is 25.0 Å². The van der Waals surface area contributed by atoms with Gasteiger partial charge in [0, 0.05) is 13.6 Å². The summed E-state index contributed by atoms with van der Waals surface area (Å²) in [4.78, 5) is 52.4. The fourth-order valence-corrected chi connectivity index (χ4v) is 3.47. The molecule has 0 aliphatic carbocycles. The normalized spacial score (nSPS) is 19.0. The monoisotopic (exact) mass is 423 g/mol. The van der Waals surface area contributed by atoms with Crippen LogP contribution in [0.15, 0.2) is 60.7 Å². The number of ether oxygens (including phenoxy) is 1. The SMILES string of the molecule is C[C@@H](OC(=O)CN1C(=O)N[C@@](C)(c2ccccc2)C1=O)C(=O)N(C)Cc1ccccc1. The molecule has 3 rings (SSSR count). The van der Waals surface area contributed by atoms with E-state index in [1.165, 1.54) is 11.8 Å². The molecule has 2 aromatic carbocycles. The zero-order valence-corrected chi connectivity index (χ0v) is 17.7. The number of nitrogens with zero attached hydrogens (tertiary/aromatic N) is 2. The van der Waals surface area contributed by atoms with Crippen LogP contribution in [0.4, 0.5) is 4.79 Å². The summed E-state index contributed by atoms with van der Waals surface area (Å²) in [6.07, 6.45) is -1.05. The highest BCUT2D eigenvalue weighted by Gasteiger charge is 2.49. The Balaban J connectivity index is 1.59. The molecule has 0 unspecified atom stereocenters. The van der Waals surface area contributed by atoms with E-state index in [0.717, 1.165) is 10.5 Å². The first kappa shape index (κ1) is 22.0. The summed E-state index contributed by atoms with van der Waals surface area (Å²) in [5.74, 6) is -1.78. The van der Waals surface area contributed by atoms with Crippen LogP contribution in [0.3, 0.4) is 0 Å². The quantitative estimate of drug-likeness (QED) is 0.543. The minimum atomic E-state index is -1.27. The van der Waals surface area contributed by atoms with Crippen LogP contribution in [0.25, 0.3) is 0 Å². The summed E-state index contributed by atoms with van der Waals surface area (Å²) < 4.78 is 5.20. The Kier molecular flexibility index (Phi) is 6.39. The maximum absolute atomic E-state index is 12.9. The molecule has 1 fully saturated rings. The molecule has 2 aromatic rings. The van der Waals surface area contributed by atoms with E-state index in [9.17, 15) is 19.2 Å². The number of benzene rings is 2. The van der Waals surface area contributed by atoms with Crippen LogP contribution in [0.1, 0.15) is 25.0 Å². The van der Waals surface area contributed by atoms with Crippen molar-refractivity contribution in [1.29, 1.82) is 0 Å². The molecule has 1 aliphatic rings. The van der Waals surface area contributed by atoms with E-state index in [4.69, 9.17) is 4.74 Å². The predicted octanol–water partition coefficient (Wildman–Crippen LogP) is 2.04. The molecular weight excluding hydrogens is 398 g/mol. The summed E-state index contributed by atoms with van der Waals surface area (Å²) >= 11 is 0. The number of hydrogen-bond donors (Lipinski definition) is 1. The smallest absolute Gasteiger partial charge is 0.327 e. The van der Waals surface area contributed by atoms with Crippen molar-refractivity contribution < 1.29 is 23.9 Å². The summed E-state index contributed by atoms with van der Waals surface area (Å²) in [6.45, 7) is 2.83. The molecule has 0 radical (unpaired) electrons. The number of urea groups is 1.